The highest BCUT2D eigenvalue weighted by Crippen LogP contribution is 2.39. The number of nitrogens with zero attached hydrogens (tertiary/aromatic N) is 1. The van der Waals surface area contributed by atoms with Crippen molar-refractivity contribution in [1.29, 1.82) is 0 Å². The Balaban J connectivity index is 2.57. The van der Waals surface area contributed by atoms with Gasteiger partial charge >= 0.3 is 0 Å². The Kier molecular flexibility index (Phi) is 5.01. The number of amides is 1. The lowest BCUT2D eigenvalue weighted by atomic mass is 9.92. The molecule has 2 rings (SSSR count). The molecule has 1 aromatic carbocycles. The molecule has 1 aliphatic heterocycles. The minimum Gasteiger partial charge on any atom is -0.329 e. The average molecular weight is 374 g/mol. The van der Waals surface area contributed by atoms with Crippen LogP contribution in [0.2, 0.25) is 5.02 Å². The molecule has 5 heteroatoms. The van der Waals surface area contributed by atoms with Gasteiger partial charge < -0.3 is 10.6 Å². The van der Waals surface area contributed by atoms with Crippen LogP contribution in [0.15, 0.2) is 22.7 Å². The molecule has 1 aliphatic rings. The second-order valence-corrected chi connectivity index (χ2v) is 7.89. The number of carbonyl (C=O) groups excluding carboxylic acids is 1. The molecule has 1 saturated heterocycles. The molecule has 2 atom stereocenters. The topological polar surface area (TPSA) is 46.3 Å². The van der Waals surface area contributed by atoms with Crippen molar-refractivity contribution in [2.75, 3.05) is 0 Å². The number of nitrogens with two attached hydrogens (primary N) is 1. The molecule has 116 valence electrons. The number of hydrogen-bond donors (Lipinski definition) is 1. The molecule has 1 amide bonds. The molecule has 1 fully saturated rings. The van der Waals surface area contributed by atoms with E-state index in [1.807, 2.05) is 43.9 Å². The maximum atomic E-state index is 12.6. The third kappa shape index (κ3) is 3.61. The molecule has 2 N–H and O–H groups in total. The fraction of sp³-hybridized carbons (Fsp3) is 0.562. The zero-order chi connectivity index (χ0) is 15.8. The van der Waals surface area contributed by atoms with Gasteiger partial charge in [0.1, 0.15) is 0 Å². The number of hydrogen-bond acceptors (Lipinski definition) is 2. The van der Waals surface area contributed by atoms with Crippen molar-refractivity contribution in [3.05, 3.63) is 33.3 Å². The molecule has 0 radical (unpaired) electrons. The maximum absolute atomic E-state index is 12.6. The lowest BCUT2D eigenvalue weighted by Crippen LogP contribution is -2.51. The minimum atomic E-state index is -0.286. The Morgan fingerprint density at radius 1 is 1.38 bits per heavy atom. The van der Waals surface area contributed by atoms with Gasteiger partial charge in [-0.2, -0.15) is 0 Å². The van der Waals surface area contributed by atoms with Crippen LogP contribution in [0.3, 0.4) is 0 Å². The van der Waals surface area contributed by atoms with Gasteiger partial charge in [-0.25, -0.2) is 0 Å². The molecule has 0 spiro atoms. The smallest absolute Gasteiger partial charge is 0.223 e. The minimum absolute atomic E-state index is 0.0922. The van der Waals surface area contributed by atoms with Crippen molar-refractivity contribution in [2.24, 2.45) is 5.73 Å². The highest BCUT2D eigenvalue weighted by atomic mass is 79.9. The Morgan fingerprint density at radius 2 is 2.05 bits per heavy atom. The molecular formula is C16H22BrClN2O. The quantitative estimate of drug-likeness (QED) is 0.798. The monoisotopic (exact) mass is 372 g/mol. The van der Waals surface area contributed by atoms with Crippen LogP contribution in [-0.2, 0) is 4.79 Å². The summed E-state index contributed by atoms with van der Waals surface area (Å²) in [6.07, 6.45) is 2.23. The standard InChI is InChI=1S/C16H22BrClN2O/c1-16(2,3)20-14(21)6-4-5-13(19)15(20)11-9-10(18)7-8-12(11)17/h7-9,13,15H,4-6,19H2,1-3H3. The van der Waals surface area contributed by atoms with Gasteiger partial charge in [-0.15, -0.1) is 0 Å². The van der Waals surface area contributed by atoms with Gasteiger partial charge in [0.2, 0.25) is 5.91 Å². The third-order valence-electron chi connectivity index (χ3n) is 3.88. The molecule has 2 unspecified atom stereocenters. The van der Waals surface area contributed by atoms with Crippen LogP contribution in [0, 0.1) is 0 Å². The highest BCUT2D eigenvalue weighted by molar-refractivity contribution is 9.10. The van der Waals surface area contributed by atoms with Crippen molar-refractivity contribution in [2.45, 2.75) is 57.7 Å². The normalized spacial score (nSPS) is 24.1. The van der Waals surface area contributed by atoms with Crippen LogP contribution in [0.4, 0.5) is 0 Å². The second kappa shape index (κ2) is 6.27. The first-order chi connectivity index (χ1) is 9.71. The number of carbonyl (C=O) groups is 1. The fourth-order valence-corrected chi connectivity index (χ4v) is 3.68. The van der Waals surface area contributed by atoms with Crippen LogP contribution in [0.1, 0.15) is 51.6 Å². The van der Waals surface area contributed by atoms with Crippen molar-refractivity contribution in [3.8, 4) is 0 Å². The maximum Gasteiger partial charge on any atom is 0.223 e. The summed E-state index contributed by atoms with van der Waals surface area (Å²) < 4.78 is 0.941. The largest absolute Gasteiger partial charge is 0.329 e. The van der Waals surface area contributed by atoms with Crippen molar-refractivity contribution >= 4 is 33.4 Å². The van der Waals surface area contributed by atoms with E-state index in [-0.39, 0.29) is 23.5 Å². The third-order valence-corrected chi connectivity index (χ3v) is 4.84. The summed E-state index contributed by atoms with van der Waals surface area (Å²) in [7, 11) is 0. The van der Waals surface area contributed by atoms with Crippen LogP contribution in [-0.4, -0.2) is 22.4 Å². The van der Waals surface area contributed by atoms with Crippen LogP contribution >= 0.6 is 27.5 Å². The molecule has 0 bridgehead atoms. The zero-order valence-corrected chi connectivity index (χ0v) is 15.0. The van der Waals surface area contributed by atoms with Gasteiger partial charge in [0.25, 0.3) is 0 Å². The van der Waals surface area contributed by atoms with Gasteiger partial charge in [-0.3, -0.25) is 4.79 Å². The number of likely N-dealkylation sites (tertiary alicyclic amines) is 1. The Labute approximate surface area is 140 Å². The number of benzene rings is 1. The van der Waals surface area contributed by atoms with E-state index in [0.29, 0.717) is 11.4 Å². The van der Waals surface area contributed by atoms with Gasteiger partial charge in [0.05, 0.1) is 6.04 Å². The summed E-state index contributed by atoms with van der Waals surface area (Å²) in [4.78, 5) is 14.5. The van der Waals surface area contributed by atoms with E-state index in [4.69, 9.17) is 17.3 Å². The molecule has 0 aliphatic carbocycles. The van der Waals surface area contributed by atoms with E-state index in [0.717, 1.165) is 22.9 Å². The van der Waals surface area contributed by atoms with Gasteiger partial charge in [-0.05, 0) is 57.4 Å². The summed E-state index contributed by atoms with van der Waals surface area (Å²) in [5.41, 5.74) is 7.12. The molecule has 1 heterocycles. The van der Waals surface area contributed by atoms with Gasteiger partial charge in [-0.1, -0.05) is 27.5 Å². The summed E-state index contributed by atoms with van der Waals surface area (Å²) in [6, 6.07) is 5.41. The number of halogens is 2. The fourth-order valence-electron chi connectivity index (χ4n) is 3.02. The summed E-state index contributed by atoms with van der Waals surface area (Å²) in [6.45, 7) is 6.15. The second-order valence-electron chi connectivity index (χ2n) is 6.60. The Morgan fingerprint density at radius 3 is 2.67 bits per heavy atom. The first kappa shape index (κ1) is 16.8. The van der Waals surface area contributed by atoms with Crippen LogP contribution in [0.25, 0.3) is 0 Å². The Bertz CT molecular complexity index is 542. The van der Waals surface area contributed by atoms with E-state index in [2.05, 4.69) is 15.9 Å². The summed E-state index contributed by atoms with van der Waals surface area (Å²) in [5.74, 6) is 0.160. The van der Waals surface area contributed by atoms with Crippen molar-refractivity contribution in [1.82, 2.24) is 4.90 Å². The molecule has 0 saturated carbocycles. The SMILES string of the molecule is CC(C)(C)N1C(=O)CCCC(N)C1c1cc(Cl)ccc1Br. The highest BCUT2D eigenvalue weighted by Gasteiger charge is 2.39. The van der Waals surface area contributed by atoms with Crippen LogP contribution < -0.4 is 5.73 Å². The van der Waals surface area contributed by atoms with E-state index in [9.17, 15) is 4.79 Å². The van der Waals surface area contributed by atoms with E-state index < -0.39 is 0 Å². The van der Waals surface area contributed by atoms with Gasteiger partial charge in [0, 0.05) is 27.5 Å². The Hall–Kier alpha value is -0.580. The molecule has 3 nitrogen and oxygen atoms in total. The zero-order valence-electron chi connectivity index (χ0n) is 12.7. The molecule has 1 aromatic rings. The van der Waals surface area contributed by atoms with Gasteiger partial charge in [0.15, 0.2) is 0 Å². The van der Waals surface area contributed by atoms with Crippen LogP contribution in [0.5, 0.6) is 0 Å². The summed E-state index contributed by atoms with van der Waals surface area (Å²) in [5, 5.41) is 0.658. The van der Waals surface area contributed by atoms with E-state index >= 15 is 0 Å². The van der Waals surface area contributed by atoms with Crippen molar-refractivity contribution < 1.29 is 4.79 Å². The predicted octanol–water partition coefficient (Wildman–Crippen LogP) is 4.28. The lowest BCUT2D eigenvalue weighted by Gasteiger charge is -2.43. The number of rotatable bonds is 1. The average Bonchev–Trinajstić information content (AvgIpc) is 2.51. The molecular weight excluding hydrogens is 352 g/mol. The molecule has 21 heavy (non-hydrogen) atoms. The van der Waals surface area contributed by atoms with E-state index in [1.54, 1.807) is 0 Å². The van der Waals surface area contributed by atoms with Crippen molar-refractivity contribution in [3.63, 3.8) is 0 Å². The first-order valence-electron chi connectivity index (χ1n) is 7.24. The molecule has 0 aromatic heterocycles. The summed E-state index contributed by atoms with van der Waals surface area (Å²) >= 11 is 9.74. The first-order valence-corrected chi connectivity index (χ1v) is 8.41. The lowest BCUT2D eigenvalue weighted by molar-refractivity contribution is -0.139. The predicted molar refractivity (Wildman–Crippen MR) is 90.3 cm³/mol. The van der Waals surface area contributed by atoms with E-state index in [1.165, 1.54) is 0 Å².